The van der Waals surface area contributed by atoms with Gasteiger partial charge in [-0.15, -0.1) is 0 Å². The Labute approximate surface area is 335 Å². The van der Waals surface area contributed by atoms with E-state index in [1.54, 1.807) is 18.2 Å². The molecule has 1 heterocycles. The summed E-state index contributed by atoms with van der Waals surface area (Å²) in [6.07, 6.45) is 0. The van der Waals surface area contributed by atoms with Gasteiger partial charge in [0, 0.05) is 76.3 Å². The van der Waals surface area contributed by atoms with Crippen molar-refractivity contribution in [3.05, 3.63) is 90.0 Å². The third-order valence-corrected chi connectivity index (χ3v) is 12.5. The van der Waals surface area contributed by atoms with Crippen LogP contribution >= 0.6 is 7.92 Å². The van der Waals surface area contributed by atoms with Gasteiger partial charge in [-0.2, -0.15) is 0 Å². The van der Waals surface area contributed by atoms with E-state index in [2.05, 4.69) is 51.0 Å². The lowest BCUT2D eigenvalue weighted by atomic mass is 10.1. The molecule has 1 aliphatic rings. The minimum Gasteiger partial charge on any atom is -0.465 e. The summed E-state index contributed by atoms with van der Waals surface area (Å²) in [5.74, 6) is -0.685. The van der Waals surface area contributed by atoms with E-state index < -0.39 is 13.9 Å². The number of methoxy groups -OCH3 is 1. The molecule has 56 heavy (non-hydrogen) atoms. The molecule has 3 aromatic carbocycles. The highest BCUT2D eigenvalue weighted by atomic mass is 31.1. The number of likely N-dealkylation sites (N-methyl/N-ethyl adjacent to an activating group) is 3. The van der Waals surface area contributed by atoms with Crippen molar-refractivity contribution in [3.8, 4) is 0 Å². The Balaban J connectivity index is 1.17. The molecule has 1 fully saturated rings. The van der Waals surface area contributed by atoms with E-state index in [9.17, 15) is 14.4 Å². The van der Waals surface area contributed by atoms with E-state index in [0.29, 0.717) is 57.2 Å². The molecule has 1 saturated heterocycles. The molecule has 0 aromatic heterocycles. The Morgan fingerprint density at radius 3 is 1.54 bits per heavy atom. The minimum absolute atomic E-state index is 0.0137. The first-order valence-corrected chi connectivity index (χ1v) is 21.4. The molecule has 0 saturated carbocycles. The maximum atomic E-state index is 13.3. The largest absolute Gasteiger partial charge is 0.465 e. The Morgan fingerprint density at radius 1 is 0.607 bits per heavy atom. The predicted octanol–water partition coefficient (Wildman–Crippen LogP) is 2.39. The van der Waals surface area contributed by atoms with Gasteiger partial charge >= 0.3 is 5.97 Å². The summed E-state index contributed by atoms with van der Waals surface area (Å²) in [4.78, 5) is 48.8. The lowest BCUT2D eigenvalue weighted by Gasteiger charge is -2.33. The van der Waals surface area contributed by atoms with Crippen LogP contribution in [-0.4, -0.2) is 163 Å². The average molecular weight is 791 g/mol. The van der Waals surface area contributed by atoms with Gasteiger partial charge in [-0.3, -0.25) is 14.5 Å². The van der Waals surface area contributed by atoms with Crippen molar-refractivity contribution >= 4 is 41.6 Å². The van der Waals surface area contributed by atoms with Crippen molar-refractivity contribution in [3.63, 3.8) is 0 Å². The fourth-order valence-electron chi connectivity index (χ4n) is 6.59. The Morgan fingerprint density at radius 2 is 1.07 bits per heavy atom. The summed E-state index contributed by atoms with van der Waals surface area (Å²) in [5, 5.41) is 8.81. The first-order valence-electron chi connectivity index (χ1n) is 20.1. The molecule has 4 rings (SSSR count). The lowest BCUT2D eigenvalue weighted by molar-refractivity contribution is -0.122. The van der Waals surface area contributed by atoms with Gasteiger partial charge in [-0.25, -0.2) is 4.79 Å². The fourth-order valence-corrected chi connectivity index (χ4v) is 9.06. The van der Waals surface area contributed by atoms with E-state index in [-0.39, 0.29) is 11.8 Å². The van der Waals surface area contributed by atoms with Crippen LogP contribution in [-0.2, 0) is 19.0 Å². The summed E-state index contributed by atoms with van der Waals surface area (Å²) in [6.45, 7) is 20.2. The highest BCUT2D eigenvalue weighted by molar-refractivity contribution is 7.80. The zero-order chi connectivity index (χ0) is 40.0. The van der Waals surface area contributed by atoms with Crippen LogP contribution in [0, 0.1) is 0 Å². The molecule has 0 bridgehead atoms. The monoisotopic (exact) mass is 790 g/mol. The number of hydrogen-bond acceptors (Lipinski definition) is 10. The van der Waals surface area contributed by atoms with Gasteiger partial charge in [0.2, 0.25) is 5.91 Å². The highest BCUT2D eigenvalue weighted by Gasteiger charge is 2.25. The zero-order valence-electron chi connectivity index (χ0n) is 33.9. The van der Waals surface area contributed by atoms with Gasteiger partial charge in [0.25, 0.3) is 5.91 Å². The molecular formula is C43H63N6O6P. The number of esters is 1. The van der Waals surface area contributed by atoms with Crippen LogP contribution in [0.3, 0.4) is 0 Å². The topological polar surface area (TPSA) is 116 Å². The van der Waals surface area contributed by atoms with Crippen molar-refractivity contribution in [1.29, 1.82) is 0 Å². The molecule has 0 spiro atoms. The van der Waals surface area contributed by atoms with Crippen LogP contribution in [0.2, 0.25) is 0 Å². The molecule has 2 amide bonds. The van der Waals surface area contributed by atoms with Crippen molar-refractivity contribution < 1.29 is 28.6 Å². The third kappa shape index (κ3) is 15.0. The van der Waals surface area contributed by atoms with Crippen molar-refractivity contribution in [2.24, 2.45) is 0 Å². The number of ether oxygens (including phenoxy) is 3. The zero-order valence-corrected chi connectivity index (χ0v) is 34.8. The van der Waals surface area contributed by atoms with Crippen LogP contribution in [0.1, 0.15) is 41.5 Å². The van der Waals surface area contributed by atoms with Gasteiger partial charge in [0.15, 0.2) is 0 Å². The standard InChI is InChI=1S/C43H63N6O6P/c1-5-46-22-24-47(6-2)26-28-49(29-27-48(7-3)25-23-46)35-41(50)44-20-30-54-32-33-55-31-21-45-42(51)36-18-19-39(43(52)53-4)40(34-36)56(37-14-10-8-11-15-37)38-16-12-9-13-17-38/h8-19,34H,5-7,20-33,35H2,1-4H3,(H,44,50)(H,45,51). The van der Waals surface area contributed by atoms with Crippen LogP contribution in [0.25, 0.3) is 0 Å². The SMILES string of the molecule is CCN1CCN(CC)CCN(CC(=O)NCCOCCOCCNC(=O)c2ccc(C(=O)OC)c(P(c3ccccc3)c3ccccc3)c2)CCN(CC)CC1. The van der Waals surface area contributed by atoms with Crippen molar-refractivity contribution in [2.45, 2.75) is 20.8 Å². The molecular weight excluding hydrogens is 727 g/mol. The molecule has 2 N–H and O–H groups in total. The maximum Gasteiger partial charge on any atom is 0.338 e. The number of rotatable bonds is 19. The number of benzene rings is 3. The van der Waals surface area contributed by atoms with Crippen molar-refractivity contribution in [2.75, 3.05) is 125 Å². The Bertz CT molecular complexity index is 1540. The van der Waals surface area contributed by atoms with E-state index in [1.165, 1.54) is 7.11 Å². The minimum atomic E-state index is -1.14. The second-order valence-corrected chi connectivity index (χ2v) is 15.8. The van der Waals surface area contributed by atoms with E-state index >= 15 is 0 Å². The summed E-state index contributed by atoms with van der Waals surface area (Å²) in [5.41, 5.74) is 0.889. The summed E-state index contributed by atoms with van der Waals surface area (Å²) in [6, 6.07) is 25.2. The van der Waals surface area contributed by atoms with E-state index in [1.807, 2.05) is 60.7 Å². The van der Waals surface area contributed by atoms with E-state index in [4.69, 9.17) is 14.2 Å². The maximum absolute atomic E-state index is 13.3. The molecule has 13 heteroatoms. The van der Waals surface area contributed by atoms with Crippen LogP contribution < -0.4 is 26.5 Å². The number of amides is 2. The molecule has 306 valence electrons. The molecule has 3 aromatic rings. The molecule has 1 aliphatic heterocycles. The number of hydrogen-bond donors (Lipinski definition) is 2. The highest BCUT2D eigenvalue weighted by Crippen LogP contribution is 2.34. The summed E-state index contributed by atoms with van der Waals surface area (Å²) in [7, 11) is 0.224. The molecule has 0 aliphatic carbocycles. The number of nitrogens with one attached hydrogen (secondary N) is 2. The molecule has 0 unspecified atom stereocenters. The predicted molar refractivity (Wildman–Crippen MR) is 226 cm³/mol. The van der Waals surface area contributed by atoms with Gasteiger partial charge in [-0.05, 0) is 56.4 Å². The third-order valence-electron chi connectivity index (χ3n) is 10.0. The molecule has 12 nitrogen and oxygen atoms in total. The van der Waals surface area contributed by atoms with Crippen LogP contribution in [0.5, 0.6) is 0 Å². The first kappa shape index (κ1) is 45.0. The van der Waals surface area contributed by atoms with E-state index in [0.717, 1.165) is 87.9 Å². The number of carbonyl (C=O) groups is 3. The Hall–Kier alpha value is -3.74. The van der Waals surface area contributed by atoms with Gasteiger partial charge in [0.05, 0.1) is 45.6 Å². The Kier molecular flexibility index (Phi) is 20.5. The normalized spacial score (nSPS) is 15.5. The van der Waals surface area contributed by atoms with Gasteiger partial charge < -0.3 is 39.5 Å². The molecule has 0 radical (unpaired) electrons. The summed E-state index contributed by atoms with van der Waals surface area (Å²) < 4.78 is 16.5. The lowest BCUT2D eigenvalue weighted by Crippen LogP contribution is -2.48. The number of nitrogens with zero attached hydrogens (tertiary/aromatic N) is 4. The number of carbonyl (C=O) groups excluding carboxylic acids is 3. The second-order valence-electron chi connectivity index (χ2n) is 13.6. The summed E-state index contributed by atoms with van der Waals surface area (Å²) >= 11 is 0. The smallest absolute Gasteiger partial charge is 0.338 e. The van der Waals surface area contributed by atoms with Gasteiger partial charge in [0.1, 0.15) is 0 Å². The molecule has 0 atom stereocenters. The second kappa shape index (κ2) is 25.5. The quantitative estimate of drug-likeness (QED) is 0.107. The fraction of sp³-hybridized carbons (Fsp3) is 0.512. The average Bonchev–Trinajstić information content (AvgIpc) is 3.23. The first-order chi connectivity index (χ1) is 27.4. The van der Waals surface area contributed by atoms with Crippen LogP contribution in [0.15, 0.2) is 78.9 Å². The van der Waals surface area contributed by atoms with Crippen molar-refractivity contribution in [1.82, 2.24) is 30.2 Å². The van der Waals surface area contributed by atoms with Crippen LogP contribution in [0.4, 0.5) is 0 Å². The van der Waals surface area contributed by atoms with Gasteiger partial charge in [-0.1, -0.05) is 81.4 Å².